The van der Waals surface area contributed by atoms with Gasteiger partial charge in [0.25, 0.3) is 0 Å². The summed E-state index contributed by atoms with van der Waals surface area (Å²) in [4.78, 5) is 0. The molecule has 1 atom stereocenters. The van der Waals surface area contributed by atoms with Crippen LogP contribution in [0.4, 0.5) is 5.69 Å². The Morgan fingerprint density at radius 2 is 1.19 bits per heavy atom. The number of fused-ring (bicyclic) bond motifs is 2. The molecule has 1 heteroatoms. The van der Waals surface area contributed by atoms with Crippen LogP contribution in [0.15, 0.2) is 46.6 Å². The number of allylic oxidation sites excluding steroid dienone is 8. The normalized spacial score (nSPS) is 20.3. The van der Waals surface area contributed by atoms with Gasteiger partial charge in [0.05, 0.1) is 6.42 Å². The number of nitrogens with zero attached hydrogens (tertiary/aromatic N) is 1. The number of benzene rings is 2. The maximum absolute atomic E-state index is 2.48. The van der Waals surface area contributed by atoms with E-state index in [1.54, 1.807) is 16.7 Å². The van der Waals surface area contributed by atoms with E-state index < -0.39 is 0 Å². The van der Waals surface area contributed by atoms with Crippen molar-refractivity contribution < 1.29 is 4.58 Å². The van der Waals surface area contributed by atoms with Crippen LogP contribution in [-0.4, -0.2) is 17.3 Å². The first-order valence-corrected chi connectivity index (χ1v) is 15.5. The first-order chi connectivity index (χ1) is 18.9. The molecule has 2 aromatic rings. The van der Waals surface area contributed by atoms with Crippen LogP contribution in [0, 0.1) is 55.4 Å². The monoisotopic (exact) mass is 564 g/mol. The first-order valence-electron chi connectivity index (χ1n) is 15.5. The second-order valence-corrected chi connectivity index (χ2v) is 13.0. The van der Waals surface area contributed by atoms with E-state index in [0.29, 0.717) is 5.92 Å². The van der Waals surface area contributed by atoms with Crippen LogP contribution in [0.3, 0.4) is 0 Å². The van der Waals surface area contributed by atoms with Crippen molar-refractivity contribution >= 4 is 11.4 Å². The summed E-state index contributed by atoms with van der Waals surface area (Å²) >= 11 is 0. The summed E-state index contributed by atoms with van der Waals surface area (Å²) in [5, 5.41) is 0. The maximum atomic E-state index is 2.48. The molecule has 0 fully saturated rings. The second-order valence-electron chi connectivity index (χ2n) is 13.0. The number of hydrogen-bond acceptors (Lipinski definition) is 0. The summed E-state index contributed by atoms with van der Waals surface area (Å²) in [5.41, 5.74) is 25.4. The Kier molecular flexibility index (Phi) is 10.2. The van der Waals surface area contributed by atoms with Gasteiger partial charge in [0.15, 0.2) is 5.71 Å². The van der Waals surface area contributed by atoms with Gasteiger partial charge in [-0.05, 0) is 161 Å². The fraction of sp³-hybridized carbons (Fsp3) is 0.488. The van der Waals surface area contributed by atoms with Crippen molar-refractivity contribution in [3.05, 3.63) is 108 Å². The fourth-order valence-corrected chi connectivity index (χ4v) is 7.67. The summed E-state index contributed by atoms with van der Waals surface area (Å²) in [5.74, 6) is 0.509. The van der Waals surface area contributed by atoms with Crippen LogP contribution in [0.1, 0.15) is 121 Å². The average molecular weight is 565 g/mol. The lowest BCUT2D eigenvalue weighted by Crippen LogP contribution is -2.06. The number of rotatable bonds is 3. The molecule has 0 spiro atoms. The minimum absolute atomic E-state index is 0. The van der Waals surface area contributed by atoms with E-state index in [1.165, 1.54) is 104 Å². The molecule has 0 saturated heterocycles. The van der Waals surface area contributed by atoms with Crippen molar-refractivity contribution in [2.45, 2.75) is 129 Å². The van der Waals surface area contributed by atoms with E-state index in [0.717, 1.165) is 12.8 Å². The van der Waals surface area contributed by atoms with Gasteiger partial charge in [-0.2, -0.15) is 4.58 Å². The summed E-state index contributed by atoms with van der Waals surface area (Å²) in [7, 11) is 2.26. The maximum Gasteiger partial charge on any atom is 0.212 e. The van der Waals surface area contributed by atoms with Crippen LogP contribution in [0.2, 0.25) is 0 Å². The van der Waals surface area contributed by atoms with Crippen LogP contribution >= 0.6 is 0 Å². The predicted molar refractivity (Wildman–Crippen MR) is 187 cm³/mol. The molecule has 0 N–H and O–H groups in total. The molecule has 5 rings (SSSR count). The van der Waals surface area contributed by atoms with Crippen LogP contribution < -0.4 is 0 Å². The fourth-order valence-electron chi connectivity index (χ4n) is 7.67. The highest BCUT2D eigenvalue weighted by Gasteiger charge is 2.31. The first kappa shape index (κ1) is 33.6. The molecule has 0 bridgehead atoms. The zero-order valence-corrected chi connectivity index (χ0v) is 27.1. The lowest BCUT2D eigenvalue weighted by atomic mass is 9.88. The zero-order valence-electron chi connectivity index (χ0n) is 27.1. The third-order valence-corrected chi connectivity index (χ3v) is 11.2. The summed E-state index contributed by atoms with van der Waals surface area (Å²) in [6.45, 7) is 23.2. The Balaban J connectivity index is 0.00000242. The molecule has 2 aromatic carbocycles. The topological polar surface area (TPSA) is 3.01 Å². The quantitative estimate of drug-likeness (QED) is 0.326. The van der Waals surface area contributed by atoms with Crippen LogP contribution in [0.5, 0.6) is 0 Å². The minimum atomic E-state index is 0. The largest absolute Gasteiger partial charge is 0.212 e. The van der Waals surface area contributed by atoms with Crippen molar-refractivity contribution in [3.63, 3.8) is 0 Å². The molecule has 1 heterocycles. The van der Waals surface area contributed by atoms with Crippen molar-refractivity contribution in [2.24, 2.45) is 0 Å². The van der Waals surface area contributed by atoms with Gasteiger partial charge in [-0.3, -0.25) is 0 Å². The molecular formula is C41H58N+. The molecule has 1 unspecified atom stereocenters. The average Bonchev–Trinajstić information content (AvgIpc) is 3.38. The predicted octanol–water partition coefficient (Wildman–Crippen LogP) is 11.4. The Bertz CT molecular complexity index is 1580. The molecule has 0 radical (unpaired) electrons. The van der Waals surface area contributed by atoms with Gasteiger partial charge in [-0.1, -0.05) is 45.6 Å². The molecular weight excluding hydrogens is 506 g/mol. The Labute approximate surface area is 258 Å². The van der Waals surface area contributed by atoms with E-state index >= 15 is 0 Å². The highest BCUT2D eigenvalue weighted by molar-refractivity contribution is 5.97. The third kappa shape index (κ3) is 5.45. The van der Waals surface area contributed by atoms with Gasteiger partial charge in [0.1, 0.15) is 7.05 Å². The Hall–Kier alpha value is -2.93. The smallest absolute Gasteiger partial charge is 0.198 e. The second kappa shape index (κ2) is 12.7. The summed E-state index contributed by atoms with van der Waals surface area (Å²) < 4.78 is 2.45. The minimum Gasteiger partial charge on any atom is -0.198 e. The van der Waals surface area contributed by atoms with E-state index in [1.807, 2.05) is 0 Å². The Morgan fingerprint density at radius 1 is 0.619 bits per heavy atom. The molecule has 3 aliphatic rings. The van der Waals surface area contributed by atoms with E-state index in [9.17, 15) is 0 Å². The van der Waals surface area contributed by atoms with Crippen LogP contribution in [0.25, 0.3) is 0 Å². The van der Waals surface area contributed by atoms with Gasteiger partial charge >= 0.3 is 0 Å². The number of hydrogen-bond donors (Lipinski definition) is 0. The van der Waals surface area contributed by atoms with Gasteiger partial charge in [0, 0.05) is 23.1 Å². The van der Waals surface area contributed by atoms with E-state index in [4.69, 9.17) is 0 Å². The van der Waals surface area contributed by atoms with E-state index in [-0.39, 0.29) is 14.9 Å². The Morgan fingerprint density at radius 3 is 1.86 bits per heavy atom. The lowest BCUT2D eigenvalue weighted by molar-refractivity contribution is -0.401. The summed E-state index contributed by atoms with van der Waals surface area (Å²) in [6.07, 6.45) is 16.8. The highest BCUT2D eigenvalue weighted by Crippen LogP contribution is 2.43. The molecule has 226 valence electrons. The molecule has 2 aliphatic carbocycles. The highest BCUT2D eigenvalue weighted by atomic mass is 15.0. The molecule has 0 saturated carbocycles. The molecule has 0 aromatic heterocycles. The summed E-state index contributed by atoms with van der Waals surface area (Å²) in [6, 6.07) is 0. The van der Waals surface area contributed by atoms with Crippen molar-refractivity contribution in [1.29, 1.82) is 0 Å². The van der Waals surface area contributed by atoms with Gasteiger partial charge in [0.2, 0.25) is 5.69 Å². The zero-order chi connectivity index (χ0) is 29.0. The van der Waals surface area contributed by atoms with Crippen molar-refractivity contribution in [3.8, 4) is 0 Å². The van der Waals surface area contributed by atoms with Gasteiger partial charge < -0.3 is 0 Å². The van der Waals surface area contributed by atoms with E-state index in [2.05, 4.69) is 105 Å². The molecule has 1 nitrogen and oxygen atoms in total. The van der Waals surface area contributed by atoms with Crippen molar-refractivity contribution in [2.75, 3.05) is 7.05 Å². The third-order valence-electron chi connectivity index (χ3n) is 11.2. The lowest BCUT2D eigenvalue weighted by Gasteiger charge is -2.17. The standard InChI is InChI=1S/C39H50N.2CH4/c1-22-24(3)28(7)38-31(10)34(20-36(38)26(22)5)17-16-32-14-12-13-15-33(30(32)9)18-19-35-21-37-27(6)23(2)25(4)29(8)39(37)40(35)11;;/h16-19,31H,12-15,20-21H2,1-11H3;2*1H4/q+1;;/b19-18+,32-16+,34-17+;;. The molecule has 0 amide bonds. The van der Waals surface area contributed by atoms with Crippen molar-refractivity contribution in [1.82, 2.24) is 0 Å². The molecule has 1 aliphatic heterocycles. The van der Waals surface area contributed by atoms with Crippen LogP contribution in [-0.2, 0) is 12.8 Å². The molecule has 42 heavy (non-hydrogen) atoms. The SMILES string of the molecule is C.C.CC1=C(/C=C/C2=[N+](C)c3c(C)c(C)c(C)c(C)c3C2)CCCC/C1=C\C=C1/Cc2c(C)c(C)c(C)c(C)c2C1C. The van der Waals surface area contributed by atoms with Gasteiger partial charge in [-0.25, -0.2) is 0 Å². The van der Waals surface area contributed by atoms with Gasteiger partial charge in [-0.15, -0.1) is 0 Å².